The summed E-state index contributed by atoms with van der Waals surface area (Å²) in [5.74, 6) is -0.577. The molecule has 0 saturated heterocycles. The molecule has 0 aliphatic rings. The standard InChI is InChI=1S/C14H16ClN5O3/c1-8(2)23-14-11(15)3-9(4-17-14)13(22)16-7-12(21)20-10-5-18-19-6-10/h3-6,8H,7H2,1-2H3,(H,16,22)(H,18,19)(H,20,21). The van der Waals surface area contributed by atoms with Gasteiger partial charge in [-0.3, -0.25) is 14.7 Å². The molecular weight excluding hydrogens is 322 g/mol. The van der Waals surface area contributed by atoms with Gasteiger partial charge in [-0.15, -0.1) is 0 Å². The van der Waals surface area contributed by atoms with Crippen LogP contribution in [0.1, 0.15) is 24.2 Å². The van der Waals surface area contributed by atoms with E-state index in [0.29, 0.717) is 5.69 Å². The molecule has 2 aromatic rings. The van der Waals surface area contributed by atoms with E-state index >= 15 is 0 Å². The Bertz CT molecular complexity index is 688. The molecule has 23 heavy (non-hydrogen) atoms. The lowest BCUT2D eigenvalue weighted by Crippen LogP contribution is -2.32. The van der Waals surface area contributed by atoms with Crippen LogP contribution in [0.2, 0.25) is 5.02 Å². The Morgan fingerprint density at radius 3 is 2.78 bits per heavy atom. The summed E-state index contributed by atoms with van der Waals surface area (Å²) in [7, 11) is 0. The largest absolute Gasteiger partial charge is 0.474 e. The van der Waals surface area contributed by atoms with Gasteiger partial charge in [-0.2, -0.15) is 5.10 Å². The van der Waals surface area contributed by atoms with Crippen LogP contribution < -0.4 is 15.4 Å². The molecule has 0 radical (unpaired) electrons. The number of carbonyl (C=O) groups excluding carboxylic acids is 2. The topological polar surface area (TPSA) is 109 Å². The Hall–Kier alpha value is -2.61. The molecule has 0 fully saturated rings. The number of hydrogen-bond donors (Lipinski definition) is 3. The van der Waals surface area contributed by atoms with Crippen LogP contribution in [-0.2, 0) is 4.79 Å². The average molecular weight is 338 g/mol. The molecule has 3 N–H and O–H groups in total. The number of nitrogens with one attached hydrogen (secondary N) is 3. The second kappa shape index (κ2) is 7.59. The maximum atomic E-state index is 12.0. The van der Waals surface area contributed by atoms with Crippen molar-refractivity contribution in [2.24, 2.45) is 0 Å². The quantitative estimate of drug-likeness (QED) is 0.742. The fourth-order valence-corrected chi connectivity index (χ4v) is 1.86. The molecule has 2 rings (SSSR count). The molecule has 0 atom stereocenters. The molecule has 9 heteroatoms. The van der Waals surface area contributed by atoms with Crippen molar-refractivity contribution >= 4 is 29.1 Å². The van der Waals surface area contributed by atoms with Gasteiger partial charge in [0.2, 0.25) is 11.8 Å². The van der Waals surface area contributed by atoms with Gasteiger partial charge in [-0.25, -0.2) is 4.98 Å². The third-order valence-electron chi connectivity index (χ3n) is 2.61. The molecule has 0 unspecified atom stereocenters. The molecule has 0 aromatic carbocycles. The number of halogens is 1. The van der Waals surface area contributed by atoms with Gasteiger partial charge in [0, 0.05) is 12.4 Å². The Morgan fingerprint density at radius 2 is 2.17 bits per heavy atom. The zero-order valence-electron chi connectivity index (χ0n) is 12.6. The third kappa shape index (κ3) is 4.96. The Morgan fingerprint density at radius 1 is 1.39 bits per heavy atom. The van der Waals surface area contributed by atoms with Gasteiger partial charge in [0.05, 0.1) is 30.1 Å². The Kier molecular flexibility index (Phi) is 5.53. The van der Waals surface area contributed by atoms with Crippen LogP contribution in [0.3, 0.4) is 0 Å². The van der Waals surface area contributed by atoms with Crippen LogP contribution in [-0.4, -0.2) is 39.6 Å². The fraction of sp³-hybridized carbons (Fsp3) is 0.286. The number of hydrogen-bond acceptors (Lipinski definition) is 5. The number of anilines is 1. The molecule has 0 aliphatic heterocycles. The minimum absolute atomic E-state index is 0.0775. The van der Waals surface area contributed by atoms with Crippen LogP contribution in [0.4, 0.5) is 5.69 Å². The van der Waals surface area contributed by atoms with Crippen molar-refractivity contribution in [3.05, 3.63) is 35.2 Å². The van der Waals surface area contributed by atoms with E-state index in [4.69, 9.17) is 16.3 Å². The van der Waals surface area contributed by atoms with E-state index < -0.39 is 5.91 Å². The van der Waals surface area contributed by atoms with Crippen LogP contribution in [0.15, 0.2) is 24.7 Å². The highest BCUT2D eigenvalue weighted by atomic mass is 35.5. The van der Waals surface area contributed by atoms with Gasteiger partial charge in [0.15, 0.2) is 0 Å². The van der Waals surface area contributed by atoms with E-state index in [9.17, 15) is 9.59 Å². The molecule has 2 heterocycles. The minimum Gasteiger partial charge on any atom is -0.474 e. The summed E-state index contributed by atoms with van der Waals surface area (Å²) in [6, 6.07) is 1.44. The first-order valence-electron chi connectivity index (χ1n) is 6.84. The number of rotatable bonds is 6. The molecule has 0 bridgehead atoms. The van der Waals surface area contributed by atoms with Crippen LogP contribution in [0.5, 0.6) is 5.88 Å². The first-order chi connectivity index (χ1) is 11.0. The molecule has 2 aromatic heterocycles. The highest BCUT2D eigenvalue weighted by molar-refractivity contribution is 6.32. The zero-order chi connectivity index (χ0) is 16.8. The third-order valence-corrected chi connectivity index (χ3v) is 2.88. The van der Waals surface area contributed by atoms with Crippen molar-refractivity contribution < 1.29 is 14.3 Å². The average Bonchev–Trinajstić information content (AvgIpc) is 2.99. The highest BCUT2D eigenvalue weighted by Crippen LogP contribution is 2.23. The summed E-state index contributed by atoms with van der Waals surface area (Å²) >= 11 is 6.02. The number of aromatic nitrogens is 3. The predicted molar refractivity (Wildman–Crippen MR) is 84.6 cm³/mol. The lowest BCUT2D eigenvalue weighted by atomic mass is 10.2. The Labute approximate surface area is 137 Å². The van der Waals surface area contributed by atoms with Gasteiger partial charge in [-0.1, -0.05) is 11.6 Å². The molecule has 122 valence electrons. The summed E-state index contributed by atoms with van der Waals surface area (Å²) in [4.78, 5) is 27.6. The molecule has 0 spiro atoms. The van der Waals surface area contributed by atoms with Crippen molar-refractivity contribution in [3.8, 4) is 5.88 Å². The van der Waals surface area contributed by atoms with E-state index in [1.807, 2.05) is 13.8 Å². The first kappa shape index (κ1) is 16.8. The van der Waals surface area contributed by atoms with Crippen LogP contribution in [0, 0.1) is 0 Å². The van der Waals surface area contributed by atoms with E-state index in [-0.39, 0.29) is 35.0 Å². The van der Waals surface area contributed by atoms with Crippen molar-refractivity contribution in [3.63, 3.8) is 0 Å². The maximum absolute atomic E-state index is 12.0. The number of nitrogens with zero attached hydrogens (tertiary/aromatic N) is 2. The van der Waals surface area contributed by atoms with E-state index in [1.165, 1.54) is 24.7 Å². The monoisotopic (exact) mass is 337 g/mol. The summed E-state index contributed by atoms with van der Waals surface area (Å²) < 4.78 is 5.39. The zero-order valence-corrected chi connectivity index (χ0v) is 13.3. The normalized spacial score (nSPS) is 10.4. The van der Waals surface area contributed by atoms with Gasteiger partial charge < -0.3 is 15.4 Å². The lowest BCUT2D eigenvalue weighted by Gasteiger charge is -2.11. The Balaban J connectivity index is 1.90. The number of aromatic amines is 1. The molecule has 0 aliphatic carbocycles. The molecular formula is C14H16ClN5O3. The molecule has 8 nitrogen and oxygen atoms in total. The summed E-state index contributed by atoms with van der Waals surface area (Å²) in [5, 5.41) is 11.5. The van der Waals surface area contributed by atoms with Crippen molar-refractivity contribution in [1.29, 1.82) is 0 Å². The van der Waals surface area contributed by atoms with Crippen molar-refractivity contribution in [2.75, 3.05) is 11.9 Å². The van der Waals surface area contributed by atoms with Crippen molar-refractivity contribution in [2.45, 2.75) is 20.0 Å². The van der Waals surface area contributed by atoms with Crippen molar-refractivity contribution in [1.82, 2.24) is 20.5 Å². The second-order valence-electron chi connectivity index (χ2n) is 4.90. The van der Waals surface area contributed by atoms with E-state index in [2.05, 4.69) is 25.8 Å². The van der Waals surface area contributed by atoms with Gasteiger partial charge >= 0.3 is 0 Å². The van der Waals surface area contributed by atoms with Gasteiger partial charge in [0.1, 0.15) is 5.02 Å². The second-order valence-corrected chi connectivity index (χ2v) is 5.30. The van der Waals surface area contributed by atoms with E-state index in [1.54, 1.807) is 0 Å². The first-order valence-corrected chi connectivity index (χ1v) is 7.22. The fourth-order valence-electron chi connectivity index (χ4n) is 1.65. The lowest BCUT2D eigenvalue weighted by molar-refractivity contribution is -0.115. The number of ether oxygens (including phenoxy) is 1. The van der Waals surface area contributed by atoms with E-state index in [0.717, 1.165) is 0 Å². The summed E-state index contributed by atoms with van der Waals surface area (Å²) in [6.45, 7) is 3.50. The number of carbonyl (C=O) groups is 2. The minimum atomic E-state index is -0.460. The number of amides is 2. The predicted octanol–water partition coefficient (Wildman–Crippen LogP) is 1.61. The smallest absolute Gasteiger partial charge is 0.253 e. The molecule has 0 saturated carbocycles. The number of pyridine rings is 1. The van der Waals surface area contributed by atoms with Gasteiger partial charge in [0.25, 0.3) is 5.91 Å². The SMILES string of the molecule is CC(C)Oc1ncc(C(=O)NCC(=O)Nc2cn[nH]c2)cc1Cl. The summed E-state index contributed by atoms with van der Waals surface area (Å²) in [5.41, 5.74) is 0.756. The highest BCUT2D eigenvalue weighted by Gasteiger charge is 2.13. The maximum Gasteiger partial charge on any atom is 0.253 e. The molecule has 2 amide bonds. The van der Waals surface area contributed by atoms with Gasteiger partial charge in [-0.05, 0) is 19.9 Å². The summed E-state index contributed by atoms with van der Waals surface area (Å²) in [6.07, 6.45) is 4.24. The number of H-pyrrole nitrogens is 1. The van der Waals surface area contributed by atoms with Crippen LogP contribution in [0.25, 0.3) is 0 Å². The van der Waals surface area contributed by atoms with Crippen LogP contribution >= 0.6 is 11.6 Å².